The van der Waals surface area contributed by atoms with Crippen molar-refractivity contribution in [2.75, 3.05) is 13.2 Å². The van der Waals surface area contributed by atoms with Gasteiger partial charge in [0.15, 0.2) is 0 Å². The van der Waals surface area contributed by atoms with Crippen LogP contribution >= 0.6 is 0 Å². The lowest BCUT2D eigenvalue weighted by molar-refractivity contribution is -0.157. The fourth-order valence-electron chi connectivity index (χ4n) is 5.27. The third-order valence-electron chi connectivity index (χ3n) is 7.58. The normalized spacial score (nSPS) is 16.0. The summed E-state index contributed by atoms with van der Waals surface area (Å²) in [6, 6.07) is 15.9. The molecule has 0 aliphatic heterocycles. The molecule has 1 atom stereocenters. The van der Waals surface area contributed by atoms with Crippen molar-refractivity contribution < 1.29 is 24.2 Å². The van der Waals surface area contributed by atoms with E-state index >= 15 is 0 Å². The van der Waals surface area contributed by atoms with Gasteiger partial charge in [0.1, 0.15) is 12.1 Å². The molecule has 0 aromatic heterocycles. The summed E-state index contributed by atoms with van der Waals surface area (Å²) in [5.74, 6) is -1.19. The number of rotatable bonds is 9. The van der Waals surface area contributed by atoms with E-state index in [1.807, 2.05) is 24.3 Å². The zero-order valence-electron chi connectivity index (χ0n) is 20.6. The van der Waals surface area contributed by atoms with E-state index < -0.39 is 17.6 Å². The third-order valence-corrected chi connectivity index (χ3v) is 7.58. The van der Waals surface area contributed by atoms with E-state index in [2.05, 4.69) is 29.6 Å². The molecule has 2 amide bonds. The minimum absolute atomic E-state index is 0.0381. The number of carbonyl (C=O) groups is 3. The fourth-order valence-corrected chi connectivity index (χ4v) is 5.27. The van der Waals surface area contributed by atoms with Gasteiger partial charge in [0, 0.05) is 24.9 Å². The van der Waals surface area contributed by atoms with E-state index in [4.69, 9.17) is 4.74 Å². The highest BCUT2D eigenvalue weighted by Gasteiger charge is 2.39. The van der Waals surface area contributed by atoms with Crippen LogP contribution in [0.1, 0.15) is 63.5 Å². The van der Waals surface area contributed by atoms with Gasteiger partial charge >= 0.3 is 12.1 Å². The molecular formula is C28H34N2O5. The average Bonchev–Trinajstić information content (AvgIpc) is 3.10. The Bertz CT molecular complexity index is 1060. The first-order valence-electron chi connectivity index (χ1n) is 12.4. The second-order valence-corrected chi connectivity index (χ2v) is 9.97. The number of carboxylic acids is 1. The molecule has 0 spiro atoms. The number of hydrogen-bond acceptors (Lipinski definition) is 4. The lowest BCUT2D eigenvalue weighted by Gasteiger charge is -2.38. The SMILES string of the molecule is CCN(C(=O)CC(NC(=O)OCC1c2ccccc2-c2ccccc21)C1CCC1)C(C)(C)C(=O)O. The predicted molar refractivity (Wildman–Crippen MR) is 133 cm³/mol. The van der Waals surface area contributed by atoms with Crippen LogP contribution in [0.5, 0.6) is 0 Å². The number of aliphatic carboxylic acids is 1. The summed E-state index contributed by atoms with van der Waals surface area (Å²) in [5, 5.41) is 12.5. The molecule has 2 aliphatic carbocycles. The Labute approximate surface area is 206 Å². The van der Waals surface area contributed by atoms with Crippen LogP contribution in [-0.4, -0.2) is 52.7 Å². The molecule has 1 fully saturated rings. The maximum absolute atomic E-state index is 13.1. The standard InChI is InChI=1S/C28H34N2O5/c1-4-30(28(2,3)26(32)33)25(31)16-24(18-10-9-11-18)29-27(34)35-17-23-21-14-7-5-12-19(21)20-13-6-8-15-22(20)23/h5-8,12-15,18,23-24H,4,9-11,16-17H2,1-3H3,(H,29,34)(H,32,33). The van der Waals surface area contributed by atoms with Crippen molar-refractivity contribution in [3.05, 3.63) is 59.7 Å². The second kappa shape index (κ2) is 10.1. The summed E-state index contributed by atoms with van der Waals surface area (Å²) in [6.45, 7) is 5.29. The number of nitrogens with zero attached hydrogens (tertiary/aromatic N) is 1. The number of hydrogen-bond donors (Lipinski definition) is 2. The highest BCUT2D eigenvalue weighted by Crippen LogP contribution is 2.44. The first kappa shape index (κ1) is 24.8. The van der Waals surface area contributed by atoms with Crippen molar-refractivity contribution in [2.45, 2.75) is 64.0 Å². The molecule has 1 unspecified atom stereocenters. The van der Waals surface area contributed by atoms with Crippen LogP contribution in [-0.2, 0) is 14.3 Å². The van der Waals surface area contributed by atoms with Crippen LogP contribution < -0.4 is 5.32 Å². The number of carboxylic acid groups (broad SMARTS) is 1. The number of likely N-dealkylation sites (N-methyl/N-ethyl adjacent to an activating group) is 1. The smallest absolute Gasteiger partial charge is 0.407 e. The van der Waals surface area contributed by atoms with Crippen molar-refractivity contribution in [3.63, 3.8) is 0 Å². The molecule has 186 valence electrons. The molecule has 2 aromatic carbocycles. The zero-order valence-corrected chi connectivity index (χ0v) is 20.6. The highest BCUT2D eigenvalue weighted by molar-refractivity contribution is 5.87. The molecule has 2 aliphatic rings. The predicted octanol–water partition coefficient (Wildman–Crippen LogP) is 4.80. The summed E-state index contributed by atoms with van der Waals surface area (Å²) in [4.78, 5) is 39.0. The summed E-state index contributed by atoms with van der Waals surface area (Å²) in [7, 11) is 0. The quantitative estimate of drug-likeness (QED) is 0.540. The van der Waals surface area contributed by atoms with Gasteiger partial charge in [0.25, 0.3) is 0 Å². The Kier molecular flexibility index (Phi) is 7.15. The van der Waals surface area contributed by atoms with E-state index in [1.54, 1.807) is 6.92 Å². The molecule has 2 aromatic rings. The van der Waals surface area contributed by atoms with Crippen molar-refractivity contribution in [3.8, 4) is 11.1 Å². The topological polar surface area (TPSA) is 95.9 Å². The second-order valence-electron chi connectivity index (χ2n) is 9.97. The number of nitrogens with one attached hydrogen (secondary N) is 1. The largest absolute Gasteiger partial charge is 0.480 e. The Morgan fingerprint density at radius 1 is 1.06 bits per heavy atom. The monoisotopic (exact) mass is 478 g/mol. The van der Waals surface area contributed by atoms with Gasteiger partial charge in [-0.15, -0.1) is 0 Å². The molecule has 0 heterocycles. The molecule has 0 bridgehead atoms. The Morgan fingerprint density at radius 2 is 1.63 bits per heavy atom. The number of benzene rings is 2. The summed E-state index contributed by atoms with van der Waals surface area (Å²) in [6.07, 6.45) is 2.42. The first-order valence-corrected chi connectivity index (χ1v) is 12.4. The lowest BCUT2D eigenvalue weighted by Crippen LogP contribution is -2.55. The number of carbonyl (C=O) groups excluding carboxylic acids is 2. The van der Waals surface area contributed by atoms with Crippen molar-refractivity contribution in [1.29, 1.82) is 0 Å². The minimum Gasteiger partial charge on any atom is -0.480 e. The molecule has 1 saturated carbocycles. The zero-order chi connectivity index (χ0) is 25.2. The van der Waals surface area contributed by atoms with Gasteiger partial charge in [-0.05, 0) is 61.8 Å². The molecule has 0 radical (unpaired) electrons. The van der Waals surface area contributed by atoms with E-state index in [-0.39, 0.29) is 43.4 Å². The van der Waals surface area contributed by atoms with E-state index in [0.717, 1.165) is 41.5 Å². The average molecular weight is 479 g/mol. The van der Waals surface area contributed by atoms with Crippen LogP contribution in [0.4, 0.5) is 4.79 Å². The van der Waals surface area contributed by atoms with Crippen LogP contribution in [0.3, 0.4) is 0 Å². The molecule has 7 nitrogen and oxygen atoms in total. The Morgan fingerprint density at radius 3 is 2.11 bits per heavy atom. The minimum atomic E-state index is -1.32. The van der Waals surface area contributed by atoms with Gasteiger partial charge < -0.3 is 20.1 Å². The van der Waals surface area contributed by atoms with Gasteiger partial charge in [0.05, 0.1) is 0 Å². The van der Waals surface area contributed by atoms with Gasteiger partial charge in [-0.3, -0.25) is 4.79 Å². The van der Waals surface area contributed by atoms with Gasteiger partial charge in [-0.1, -0.05) is 55.0 Å². The maximum Gasteiger partial charge on any atom is 0.407 e. The van der Waals surface area contributed by atoms with Crippen molar-refractivity contribution in [2.24, 2.45) is 5.92 Å². The number of fused-ring (bicyclic) bond motifs is 3. The van der Waals surface area contributed by atoms with Crippen molar-refractivity contribution >= 4 is 18.0 Å². The van der Waals surface area contributed by atoms with E-state index in [9.17, 15) is 19.5 Å². The number of alkyl carbamates (subject to hydrolysis) is 1. The number of ether oxygens (including phenoxy) is 1. The van der Waals surface area contributed by atoms with Crippen LogP contribution in [0.25, 0.3) is 11.1 Å². The highest BCUT2D eigenvalue weighted by atomic mass is 16.5. The van der Waals surface area contributed by atoms with Gasteiger partial charge in [-0.25, -0.2) is 9.59 Å². The van der Waals surface area contributed by atoms with Crippen LogP contribution in [0.2, 0.25) is 0 Å². The first-order chi connectivity index (χ1) is 16.7. The Balaban J connectivity index is 1.42. The molecule has 35 heavy (non-hydrogen) atoms. The molecule has 0 saturated heterocycles. The molecule has 7 heteroatoms. The molecule has 2 N–H and O–H groups in total. The van der Waals surface area contributed by atoms with E-state index in [0.29, 0.717) is 0 Å². The summed E-state index contributed by atoms with van der Waals surface area (Å²) >= 11 is 0. The number of amides is 2. The van der Waals surface area contributed by atoms with Crippen molar-refractivity contribution in [1.82, 2.24) is 10.2 Å². The van der Waals surface area contributed by atoms with Gasteiger partial charge in [0.2, 0.25) is 5.91 Å². The Hall–Kier alpha value is -3.35. The lowest BCUT2D eigenvalue weighted by atomic mass is 9.78. The maximum atomic E-state index is 13.1. The third kappa shape index (κ3) is 4.90. The fraction of sp³-hybridized carbons (Fsp3) is 0.464. The van der Waals surface area contributed by atoms with Crippen LogP contribution in [0, 0.1) is 5.92 Å². The van der Waals surface area contributed by atoms with Crippen LogP contribution in [0.15, 0.2) is 48.5 Å². The molecular weight excluding hydrogens is 444 g/mol. The van der Waals surface area contributed by atoms with E-state index in [1.165, 1.54) is 18.7 Å². The van der Waals surface area contributed by atoms with Gasteiger partial charge in [-0.2, -0.15) is 0 Å². The summed E-state index contributed by atoms with van der Waals surface area (Å²) < 4.78 is 5.69. The summed E-state index contributed by atoms with van der Waals surface area (Å²) in [5.41, 5.74) is 3.29. The molecule has 4 rings (SSSR count).